The predicted molar refractivity (Wildman–Crippen MR) is 131 cm³/mol. The fourth-order valence-electron chi connectivity index (χ4n) is 4.31. The van der Waals surface area contributed by atoms with Gasteiger partial charge in [0.05, 0.1) is 18.1 Å². The van der Waals surface area contributed by atoms with Gasteiger partial charge < -0.3 is 28.3 Å². The molecule has 13 heteroatoms. The Hall–Kier alpha value is -3.49. The summed E-state index contributed by atoms with van der Waals surface area (Å²) in [5.41, 5.74) is 4.64. The standard InChI is InChI=1S/C26H28F3N3O7/c1-15-21(34-2)22(35-3)23(36-4)25(37-15)39-31-24(33)17-7-5-16(6-8-17)20-13-32(14-30-20)18-9-11-19(12-10-18)38-26(27,28)29/h5-15,21-23,25H,1-4H3,(H,31,33). The molecule has 1 amide bonds. The van der Waals surface area contributed by atoms with Crippen LogP contribution in [0.2, 0.25) is 0 Å². The van der Waals surface area contributed by atoms with E-state index >= 15 is 0 Å². The van der Waals surface area contributed by atoms with Gasteiger partial charge >= 0.3 is 6.36 Å². The predicted octanol–water partition coefficient (Wildman–Crippen LogP) is 3.89. The molecule has 4 rings (SSSR count). The summed E-state index contributed by atoms with van der Waals surface area (Å²) >= 11 is 0. The molecule has 210 valence electrons. The van der Waals surface area contributed by atoms with Crippen LogP contribution in [-0.2, 0) is 23.8 Å². The highest BCUT2D eigenvalue weighted by atomic mass is 19.4. The van der Waals surface area contributed by atoms with Gasteiger partial charge in [-0.1, -0.05) is 12.1 Å². The van der Waals surface area contributed by atoms with Gasteiger partial charge in [-0.3, -0.25) is 4.79 Å². The van der Waals surface area contributed by atoms with Crippen molar-refractivity contribution in [2.24, 2.45) is 0 Å². The Bertz CT molecular complexity index is 1230. The molecule has 2 heterocycles. The highest BCUT2D eigenvalue weighted by molar-refractivity contribution is 5.93. The number of hydroxylamine groups is 1. The number of nitrogens with one attached hydrogen (secondary N) is 1. The number of carbonyl (C=O) groups is 1. The van der Waals surface area contributed by atoms with E-state index < -0.39 is 30.8 Å². The number of amides is 1. The van der Waals surface area contributed by atoms with Gasteiger partial charge in [0, 0.05) is 44.3 Å². The van der Waals surface area contributed by atoms with Gasteiger partial charge in [0.2, 0.25) is 6.29 Å². The quantitative estimate of drug-likeness (QED) is 0.400. The highest BCUT2D eigenvalue weighted by Gasteiger charge is 2.46. The van der Waals surface area contributed by atoms with Crippen molar-refractivity contribution in [3.63, 3.8) is 0 Å². The third-order valence-electron chi connectivity index (χ3n) is 6.21. The molecule has 0 radical (unpaired) electrons. The summed E-state index contributed by atoms with van der Waals surface area (Å²) in [6.45, 7) is 1.81. The largest absolute Gasteiger partial charge is 0.573 e. The molecular weight excluding hydrogens is 523 g/mol. The van der Waals surface area contributed by atoms with Crippen LogP contribution in [0.3, 0.4) is 0 Å². The van der Waals surface area contributed by atoms with E-state index in [4.69, 9.17) is 23.8 Å². The number of halogens is 3. The lowest BCUT2D eigenvalue weighted by atomic mass is 9.99. The molecule has 0 saturated carbocycles. The van der Waals surface area contributed by atoms with E-state index in [-0.39, 0.29) is 18.0 Å². The molecule has 1 aliphatic heterocycles. The number of carbonyl (C=O) groups excluding carboxylic acids is 1. The molecule has 5 unspecified atom stereocenters. The minimum absolute atomic E-state index is 0.315. The number of alkyl halides is 3. The zero-order valence-electron chi connectivity index (χ0n) is 21.5. The third-order valence-corrected chi connectivity index (χ3v) is 6.21. The molecule has 1 N–H and O–H groups in total. The van der Waals surface area contributed by atoms with Crippen molar-refractivity contribution in [3.05, 3.63) is 66.6 Å². The van der Waals surface area contributed by atoms with Crippen molar-refractivity contribution in [3.8, 4) is 22.7 Å². The van der Waals surface area contributed by atoms with E-state index in [1.54, 1.807) is 42.1 Å². The summed E-state index contributed by atoms with van der Waals surface area (Å²) in [7, 11) is 4.57. The van der Waals surface area contributed by atoms with Gasteiger partial charge in [-0.25, -0.2) is 15.3 Å². The summed E-state index contributed by atoms with van der Waals surface area (Å²) in [4.78, 5) is 22.6. The monoisotopic (exact) mass is 551 g/mol. The fourth-order valence-corrected chi connectivity index (χ4v) is 4.31. The number of nitrogens with zero attached hydrogens (tertiary/aromatic N) is 2. The van der Waals surface area contributed by atoms with Gasteiger partial charge in [0.15, 0.2) is 0 Å². The van der Waals surface area contributed by atoms with Gasteiger partial charge in [-0.05, 0) is 43.3 Å². The topological polar surface area (TPSA) is 102 Å². The number of ether oxygens (including phenoxy) is 5. The molecule has 0 bridgehead atoms. The normalized spacial score (nSPS) is 23.4. The minimum atomic E-state index is -4.76. The smallest absolute Gasteiger partial charge is 0.406 e. The zero-order valence-corrected chi connectivity index (χ0v) is 21.5. The van der Waals surface area contributed by atoms with Crippen molar-refractivity contribution in [1.29, 1.82) is 0 Å². The zero-order chi connectivity index (χ0) is 28.2. The summed E-state index contributed by atoms with van der Waals surface area (Å²) in [6, 6.07) is 12.0. The summed E-state index contributed by atoms with van der Waals surface area (Å²) in [5, 5.41) is 0. The lowest BCUT2D eigenvalue weighted by molar-refractivity contribution is -0.314. The first-order valence-corrected chi connectivity index (χ1v) is 11.8. The Kier molecular flexibility index (Phi) is 8.87. The van der Waals surface area contributed by atoms with Gasteiger partial charge in [-0.2, -0.15) is 0 Å². The van der Waals surface area contributed by atoms with Crippen LogP contribution in [0.4, 0.5) is 13.2 Å². The molecule has 39 heavy (non-hydrogen) atoms. The van der Waals surface area contributed by atoms with Crippen molar-refractivity contribution in [2.45, 2.75) is 44.0 Å². The number of aromatic nitrogens is 2. The molecule has 1 fully saturated rings. The van der Waals surface area contributed by atoms with Crippen LogP contribution in [0.25, 0.3) is 16.9 Å². The Labute approximate surface area is 222 Å². The van der Waals surface area contributed by atoms with Gasteiger partial charge in [-0.15, -0.1) is 13.2 Å². The third kappa shape index (κ3) is 6.75. The molecular formula is C26H28F3N3O7. The van der Waals surface area contributed by atoms with Gasteiger partial charge in [0.25, 0.3) is 5.91 Å². The van der Waals surface area contributed by atoms with Crippen LogP contribution < -0.4 is 10.2 Å². The number of methoxy groups -OCH3 is 3. The molecule has 1 aromatic heterocycles. The molecule has 1 saturated heterocycles. The van der Waals surface area contributed by atoms with Crippen LogP contribution in [0.1, 0.15) is 17.3 Å². The number of imidazole rings is 1. The number of hydrogen-bond acceptors (Lipinski definition) is 8. The Morgan fingerprint density at radius 3 is 2.18 bits per heavy atom. The summed E-state index contributed by atoms with van der Waals surface area (Å²) in [5.74, 6) is -0.813. The molecule has 1 aliphatic rings. The van der Waals surface area contributed by atoms with Crippen LogP contribution >= 0.6 is 0 Å². The number of benzene rings is 2. The van der Waals surface area contributed by atoms with Crippen LogP contribution in [0.5, 0.6) is 5.75 Å². The second-order valence-electron chi connectivity index (χ2n) is 8.64. The first kappa shape index (κ1) is 28.5. The maximum atomic E-state index is 12.7. The average molecular weight is 552 g/mol. The van der Waals surface area contributed by atoms with Crippen molar-refractivity contribution in [2.75, 3.05) is 21.3 Å². The summed E-state index contributed by atoms with van der Waals surface area (Å²) in [6.07, 6.45) is -4.33. The molecule has 0 aliphatic carbocycles. The first-order chi connectivity index (χ1) is 18.6. The average Bonchev–Trinajstić information content (AvgIpc) is 3.41. The van der Waals surface area contributed by atoms with E-state index in [0.717, 1.165) is 5.56 Å². The van der Waals surface area contributed by atoms with Crippen LogP contribution in [0.15, 0.2) is 61.1 Å². The SMILES string of the molecule is COC1C(C)OC(ONC(=O)c2ccc(-c3cn(-c4ccc(OC(F)(F)F)cc4)cn3)cc2)C(OC)C1OC. The first-order valence-electron chi connectivity index (χ1n) is 11.8. The van der Waals surface area contributed by atoms with Crippen molar-refractivity contribution < 1.29 is 46.5 Å². The van der Waals surface area contributed by atoms with E-state index in [9.17, 15) is 18.0 Å². The maximum Gasteiger partial charge on any atom is 0.573 e. The van der Waals surface area contributed by atoms with Gasteiger partial charge in [0.1, 0.15) is 24.1 Å². The summed E-state index contributed by atoms with van der Waals surface area (Å²) < 4.78 is 64.9. The number of hydrogen-bond donors (Lipinski definition) is 1. The maximum absolute atomic E-state index is 12.7. The molecule has 2 aromatic carbocycles. The van der Waals surface area contributed by atoms with E-state index in [1.807, 2.05) is 6.92 Å². The second-order valence-corrected chi connectivity index (χ2v) is 8.64. The van der Waals surface area contributed by atoms with E-state index in [0.29, 0.717) is 16.9 Å². The molecule has 0 spiro atoms. The molecule has 3 aromatic rings. The molecule has 5 atom stereocenters. The van der Waals surface area contributed by atoms with Crippen molar-refractivity contribution in [1.82, 2.24) is 15.0 Å². The van der Waals surface area contributed by atoms with E-state index in [1.165, 1.54) is 44.8 Å². The van der Waals surface area contributed by atoms with Crippen LogP contribution in [0, 0.1) is 0 Å². The Morgan fingerprint density at radius 1 is 0.949 bits per heavy atom. The second kappa shape index (κ2) is 12.1. The van der Waals surface area contributed by atoms with E-state index in [2.05, 4.69) is 15.2 Å². The lowest BCUT2D eigenvalue weighted by Crippen LogP contribution is -2.60. The lowest BCUT2D eigenvalue weighted by Gasteiger charge is -2.43. The minimum Gasteiger partial charge on any atom is -0.406 e. The highest BCUT2D eigenvalue weighted by Crippen LogP contribution is 2.28. The van der Waals surface area contributed by atoms with Crippen molar-refractivity contribution >= 4 is 5.91 Å². The Balaban J connectivity index is 1.37. The Morgan fingerprint density at radius 2 is 1.59 bits per heavy atom. The molecule has 10 nitrogen and oxygen atoms in total. The van der Waals surface area contributed by atoms with Crippen LogP contribution in [-0.4, -0.2) is 73.9 Å². The fraction of sp³-hybridized carbons (Fsp3) is 0.385. The number of rotatable bonds is 9.